The van der Waals surface area contributed by atoms with E-state index in [9.17, 15) is 9.59 Å². The van der Waals surface area contributed by atoms with Crippen molar-refractivity contribution in [2.75, 3.05) is 6.54 Å². The lowest BCUT2D eigenvalue weighted by atomic mass is 9.80. The van der Waals surface area contributed by atoms with Gasteiger partial charge in [0.2, 0.25) is 5.91 Å². The lowest BCUT2D eigenvalue weighted by Gasteiger charge is -2.28. The summed E-state index contributed by atoms with van der Waals surface area (Å²) in [5, 5.41) is 11.5. The summed E-state index contributed by atoms with van der Waals surface area (Å²) in [5.74, 6) is 0.623. The molecule has 0 radical (unpaired) electrons. The summed E-state index contributed by atoms with van der Waals surface area (Å²) in [7, 11) is 0. The number of carboxylic acid groups (broad SMARTS) is 1. The van der Waals surface area contributed by atoms with Gasteiger partial charge in [-0.15, -0.1) is 0 Å². The summed E-state index contributed by atoms with van der Waals surface area (Å²) in [5.41, 5.74) is 0. The topological polar surface area (TPSA) is 66.4 Å². The standard InChI is InChI=1S/C14H25NO3/c1-11-6-2-3-7-12(11)10-15-13(16)8-4-5-9-14(17)18/h11-12H,2-10H2,1H3,(H,15,16)(H,17,18). The third-order valence-electron chi connectivity index (χ3n) is 3.90. The number of hydrogen-bond donors (Lipinski definition) is 2. The van der Waals surface area contributed by atoms with Gasteiger partial charge in [0.05, 0.1) is 0 Å². The zero-order valence-corrected chi connectivity index (χ0v) is 11.3. The number of unbranched alkanes of at least 4 members (excludes halogenated alkanes) is 1. The van der Waals surface area contributed by atoms with Crippen LogP contribution in [0.2, 0.25) is 0 Å². The van der Waals surface area contributed by atoms with E-state index in [0.29, 0.717) is 31.1 Å². The molecule has 2 N–H and O–H groups in total. The van der Waals surface area contributed by atoms with Crippen LogP contribution in [0.1, 0.15) is 58.3 Å². The van der Waals surface area contributed by atoms with E-state index in [0.717, 1.165) is 6.54 Å². The Labute approximate surface area is 109 Å². The molecule has 0 heterocycles. The highest BCUT2D eigenvalue weighted by Gasteiger charge is 2.21. The highest BCUT2D eigenvalue weighted by molar-refractivity contribution is 5.75. The van der Waals surface area contributed by atoms with E-state index in [2.05, 4.69) is 12.2 Å². The monoisotopic (exact) mass is 255 g/mol. The Kier molecular flexibility index (Phi) is 6.76. The first-order chi connectivity index (χ1) is 8.59. The number of carbonyl (C=O) groups excluding carboxylic acids is 1. The molecule has 18 heavy (non-hydrogen) atoms. The van der Waals surface area contributed by atoms with E-state index in [1.165, 1.54) is 25.7 Å². The van der Waals surface area contributed by atoms with Gasteiger partial charge < -0.3 is 10.4 Å². The van der Waals surface area contributed by atoms with Gasteiger partial charge in [0.15, 0.2) is 0 Å². The minimum atomic E-state index is -0.786. The molecule has 0 bridgehead atoms. The minimum absolute atomic E-state index is 0.0677. The van der Waals surface area contributed by atoms with Crippen molar-refractivity contribution in [2.45, 2.75) is 58.3 Å². The van der Waals surface area contributed by atoms with E-state index in [-0.39, 0.29) is 12.3 Å². The summed E-state index contributed by atoms with van der Waals surface area (Å²) in [6.07, 6.45) is 6.96. The summed E-state index contributed by atoms with van der Waals surface area (Å²) < 4.78 is 0. The van der Waals surface area contributed by atoms with Crippen LogP contribution < -0.4 is 5.32 Å². The second-order valence-corrected chi connectivity index (χ2v) is 5.43. The number of rotatable bonds is 7. The zero-order chi connectivity index (χ0) is 13.4. The molecular formula is C14H25NO3. The molecule has 0 aliphatic heterocycles. The molecular weight excluding hydrogens is 230 g/mol. The van der Waals surface area contributed by atoms with Crippen LogP contribution in [0.25, 0.3) is 0 Å². The van der Waals surface area contributed by atoms with Crippen molar-refractivity contribution in [3.05, 3.63) is 0 Å². The first-order valence-electron chi connectivity index (χ1n) is 7.08. The Balaban J connectivity index is 2.07. The fraction of sp³-hybridized carbons (Fsp3) is 0.857. The highest BCUT2D eigenvalue weighted by Crippen LogP contribution is 2.28. The van der Waals surface area contributed by atoms with Gasteiger partial charge in [-0.25, -0.2) is 0 Å². The molecule has 4 nitrogen and oxygen atoms in total. The summed E-state index contributed by atoms with van der Waals surface area (Å²) in [6.45, 7) is 3.06. The van der Waals surface area contributed by atoms with Crippen molar-refractivity contribution in [1.82, 2.24) is 5.32 Å². The average molecular weight is 255 g/mol. The van der Waals surface area contributed by atoms with Gasteiger partial charge in [0.1, 0.15) is 0 Å². The lowest BCUT2D eigenvalue weighted by molar-refractivity contribution is -0.137. The number of carbonyl (C=O) groups is 2. The van der Waals surface area contributed by atoms with Crippen LogP contribution in [0.5, 0.6) is 0 Å². The van der Waals surface area contributed by atoms with Crippen molar-refractivity contribution in [3.8, 4) is 0 Å². The SMILES string of the molecule is CC1CCCCC1CNC(=O)CCCCC(=O)O. The van der Waals surface area contributed by atoms with Crippen molar-refractivity contribution in [3.63, 3.8) is 0 Å². The van der Waals surface area contributed by atoms with Crippen molar-refractivity contribution in [2.24, 2.45) is 11.8 Å². The van der Waals surface area contributed by atoms with Crippen LogP contribution in [0.15, 0.2) is 0 Å². The molecule has 0 saturated heterocycles. The second-order valence-electron chi connectivity index (χ2n) is 5.43. The molecule has 2 unspecified atom stereocenters. The van der Waals surface area contributed by atoms with E-state index in [4.69, 9.17) is 5.11 Å². The molecule has 1 aliphatic carbocycles. The third kappa shape index (κ3) is 6.03. The summed E-state index contributed by atoms with van der Waals surface area (Å²) >= 11 is 0. The first kappa shape index (κ1) is 15.0. The molecule has 0 aromatic heterocycles. The van der Waals surface area contributed by atoms with Crippen molar-refractivity contribution < 1.29 is 14.7 Å². The van der Waals surface area contributed by atoms with E-state index >= 15 is 0 Å². The summed E-state index contributed by atoms with van der Waals surface area (Å²) in [4.78, 5) is 21.9. The molecule has 0 aromatic carbocycles. The summed E-state index contributed by atoms with van der Waals surface area (Å²) in [6, 6.07) is 0. The Bertz CT molecular complexity index is 278. The van der Waals surface area contributed by atoms with Crippen LogP contribution in [0, 0.1) is 11.8 Å². The fourth-order valence-corrected chi connectivity index (χ4v) is 2.59. The number of nitrogens with one attached hydrogen (secondary N) is 1. The predicted molar refractivity (Wildman–Crippen MR) is 70.2 cm³/mol. The maximum atomic E-state index is 11.6. The van der Waals surface area contributed by atoms with Gasteiger partial charge in [-0.1, -0.05) is 26.2 Å². The fourth-order valence-electron chi connectivity index (χ4n) is 2.59. The normalized spacial score (nSPS) is 23.6. The average Bonchev–Trinajstić information content (AvgIpc) is 2.33. The van der Waals surface area contributed by atoms with E-state index in [1.54, 1.807) is 0 Å². The van der Waals surface area contributed by atoms with Crippen LogP contribution in [0.4, 0.5) is 0 Å². The quantitative estimate of drug-likeness (QED) is 0.687. The molecule has 1 aliphatic rings. The predicted octanol–water partition coefficient (Wildman–Crippen LogP) is 2.57. The highest BCUT2D eigenvalue weighted by atomic mass is 16.4. The number of carboxylic acids is 1. The van der Waals surface area contributed by atoms with Crippen LogP contribution in [-0.4, -0.2) is 23.5 Å². The molecule has 1 rings (SSSR count). The van der Waals surface area contributed by atoms with Gasteiger partial charge in [-0.2, -0.15) is 0 Å². The van der Waals surface area contributed by atoms with Gasteiger partial charge in [0, 0.05) is 19.4 Å². The number of hydrogen-bond acceptors (Lipinski definition) is 2. The van der Waals surface area contributed by atoms with Gasteiger partial charge in [-0.05, 0) is 31.1 Å². The van der Waals surface area contributed by atoms with E-state index in [1.807, 2.05) is 0 Å². The van der Waals surface area contributed by atoms with E-state index < -0.39 is 5.97 Å². The maximum absolute atomic E-state index is 11.6. The first-order valence-corrected chi connectivity index (χ1v) is 7.08. The largest absolute Gasteiger partial charge is 0.481 e. The van der Waals surface area contributed by atoms with Gasteiger partial charge >= 0.3 is 5.97 Å². The Morgan fingerprint density at radius 3 is 2.50 bits per heavy atom. The van der Waals surface area contributed by atoms with Crippen molar-refractivity contribution in [1.29, 1.82) is 0 Å². The van der Waals surface area contributed by atoms with Crippen LogP contribution >= 0.6 is 0 Å². The molecule has 104 valence electrons. The molecule has 0 spiro atoms. The third-order valence-corrected chi connectivity index (χ3v) is 3.90. The molecule has 2 atom stereocenters. The molecule has 4 heteroatoms. The number of amides is 1. The Morgan fingerprint density at radius 1 is 1.17 bits per heavy atom. The smallest absolute Gasteiger partial charge is 0.303 e. The van der Waals surface area contributed by atoms with Gasteiger partial charge in [0.25, 0.3) is 0 Å². The Hall–Kier alpha value is -1.06. The van der Waals surface area contributed by atoms with Crippen molar-refractivity contribution >= 4 is 11.9 Å². The molecule has 1 saturated carbocycles. The zero-order valence-electron chi connectivity index (χ0n) is 11.3. The van der Waals surface area contributed by atoms with Crippen LogP contribution in [-0.2, 0) is 9.59 Å². The molecule has 1 amide bonds. The molecule has 1 fully saturated rings. The molecule has 0 aromatic rings. The second kappa shape index (κ2) is 8.11. The minimum Gasteiger partial charge on any atom is -0.481 e. The maximum Gasteiger partial charge on any atom is 0.303 e. The Morgan fingerprint density at radius 2 is 1.83 bits per heavy atom. The number of aliphatic carboxylic acids is 1. The van der Waals surface area contributed by atoms with Crippen LogP contribution in [0.3, 0.4) is 0 Å². The van der Waals surface area contributed by atoms with Gasteiger partial charge in [-0.3, -0.25) is 9.59 Å². The lowest BCUT2D eigenvalue weighted by Crippen LogP contribution is -2.33.